The lowest BCUT2D eigenvalue weighted by Gasteiger charge is -2.45. The van der Waals surface area contributed by atoms with Crippen molar-refractivity contribution in [2.45, 2.75) is 38.0 Å². The van der Waals surface area contributed by atoms with Crippen LogP contribution < -0.4 is 0 Å². The third-order valence-electron chi connectivity index (χ3n) is 4.27. The lowest BCUT2D eigenvalue weighted by molar-refractivity contribution is -0.160. The topological polar surface area (TPSA) is 66.9 Å². The minimum absolute atomic E-state index is 0.133. The Morgan fingerprint density at radius 1 is 1.14 bits per heavy atom. The molecule has 2 bridgehead atoms. The van der Waals surface area contributed by atoms with Crippen LogP contribution >= 0.6 is 0 Å². The summed E-state index contributed by atoms with van der Waals surface area (Å²) in [4.78, 5) is 39.2. The molecule has 0 spiro atoms. The Morgan fingerprint density at radius 2 is 1.73 bits per heavy atom. The van der Waals surface area contributed by atoms with Crippen LogP contribution in [0.15, 0.2) is 30.3 Å². The lowest BCUT2D eigenvalue weighted by atomic mass is 9.91. The van der Waals surface area contributed by atoms with Crippen LogP contribution in [-0.4, -0.2) is 46.8 Å². The molecule has 2 aliphatic heterocycles. The van der Waals surface area contributed by atoms with Crippen molar-refractivity contribution in [1.29, 1.82) is 0 Å². The highest BCUT2D eigenvalue weighted by Gasteiger charge is 2.49. The number of likely N-dealkylation sites (N-methyl/N-ethyl adjacent to an activating group) is 1. The Kier molecular flexibility index (Phi) is 3.83. The monoisotopic (exact) mass is 302 g/mol. The molecule has 0 radical (unpaired) electrons. The standard InChI is InChI=1S/C16H18N2O4/c1-17-14(19)12-8-5-9-13(15(17)20)18(12)16(21)22-10-11-6-3-2-4-7-11/h2-4,6-7,12-13H,5,8-10H2,1H3. The van der Waals surface area contributed by atoms with Gasteiger partial charge >= 0.3 is 6.09 Å². The molecule has 6 nitrogen and oxygen atoms in total. The minimum Gasteiger partial charge on any atom is -0.445 e. The quantitative estimate of drug-likeness (QED) is 0.777. The van der Waals surface area contributed by atoms with E-state index in [1.54, 1.807) is 0 Å². The molecule has 2 unspecified atom stereocenters. The van der Waals surface area contributed by atoms with Gasteiger partial charge in [0.2, 0.25) is 0 Å². The van der Waals surface area contributed by atoms with Crippen LogP contribution in [0.4, 0.5) is 4.79 Å². The molecule has 0 aromatic heterocycles. The molecular weight excluding hydrogens is 284 g/mol. The van der Waals surface area contributed by atoms with Crippen LogP contribution in [0.5, 0.6) is 0 Å². The summed E-state index contributed by atoms with van der Waals surface area (Å²) in [7, 11) is 1.47. The van der Waals surface area contributed by atoms with Crippen molar-refractivity contribution in [3.05, 3.63) is 35.9 Å². The first-order valence-corrected chi connectivity index (χ1v) is 7.40. The van der Waals surface area contributed by atoms with E-state index in [9.17, 15) is 14.4 Å². The first kappa shape index (κ1) is 14.6. The van der Waals surface area contributed by atoms with Crippen molar-refractivity contribution in [1.82, 2.24) is 9.80 Å². The molecule has 2 atom stereocenters. The number of likely N-dealkylation sites (tertiary alicyclic amines) is 1. The number of fused-ring (bicyclic) bond motifs is 2. The first-order valence-electron chi connectivity index (χ1n) is 7.40. The predicted molar refractivity (Wildman–Crippen MR) is 77.7 cm³/mol. The summed E-state index contributed by atoms with van der Waals surface area (Å²) < 4.78 is 5.30. The van der Waals surface area contributed by atoms with Gasteiger partial charge in [-0.15, -0.1) is 0 Å². The van der Waals surface area contributed by atoms with E-state index >= 15 is 0 Å². The van der Waals surface area contributed by atoms with Gasteiger partial charge in [-0.2, -0.15) is 0 Å². The van der Waals surface area contributed by atoms with Crippen molar-refractivity contribution >= 4 is 17.9 Å². The first-order chi connectivity index (χ1) is 10.6. The molecule has 2 aliphatic rings. The predicted octanol–water partition coefficient (Wildman–Crippen LogP) is 1.54. The largest absolute Gasteiger partial charge is 0.445 e. The second kappa shape index (κ2) is 5.79. The highest BCUT2D eigenvalue weighted by molar-refractivity contribution is 6.05. The number of hydrogen-bond donors (Lipinski definition) is 0. The number of imide groups is 1. The maximum absolute atomic E-state index is 12.4. The van der Waals surface area contributed by atoms with Gasteiger partial charge in [0.05, 0.1) is 0 Å². The van der Waals surface area contributed by atoms with E-state index in [1.165, 1.54) is 11.9 Å². The minimum atomic E-state index is -0.589. The highest BCUT2D eigenvalue weighted by Crippen LogP contribution is 2.30. The van der Waals surface area contributed by atoms with Crippen LogP contribution in [0, 0.1) is 0 Å². The molecule has 1 aromatic carbocycles. The van der Waals surface area contributed by atoms with Gasteiger partial charge in [-0.25, -0.2) is 4.79 Å². The highest BCUT2D eigenvalue weighted by atomic mass is 16.6. The number of piperidine rings is 1. The van der Waals surface area contributed by atoms with Gasteiger partial charge in [-0.3, -0.25) is 19.4 Å². The zero-order chi connectivity index (χ0) is 15.7. The van der Waals surface area contributed by atoms with E-state index in [-0.39, 0.29) is 18.4 Å². The van der Waals surface area contributed by atoms with Gasteiger partial charge in [0, 0.05) is 7.05 Å². The zero-order valence-corrected chi connectivity index (χ0v) is 12.4. The molecule has 116 valence electrons. The molecule has 2 saturated heterocycles. The van der Waals surface area contributed by atoms with Crippen LogP contribution in [0.1, 0.15) is 24.8 Å². The average Bonchev–Trinajstić information content (AvgIpc) is 2.57. The van der Waals surface area contributed by atoms with Gasteiger partial charge in [-0.1, -0.05) is 30.3 Å². The summed E-state index contributed by atoms with van der Waals surface area (Å²) in [5, 5.41) is 0. The van der Waals surface area contributed by atoms with E-state index in [1.807, 2.05) is 30.3 Å². The number of carbonyl (C=O) groups is 3. The number of carbonyl (C=O) groups excluding carboxylic acids is 3. The number of rotatable bonds is 2. The molecule has 0 N–H and O–H groups in total. The summed E-state index contributed by atoms with van der Waals surface area (Å²) in [6, 6.07) is 8.16. The van der Waals surface area contributed by atoms with Gasteiger partial charge in [0.1, 0.15) is 18.7 Å². The number of ether oxygens (including phenoxy) is 1. The fourth-order valence-electron chi connectivity index (χ4n) is 3.09. The maximum Gasteiger partial charge on any atom is 0.411 e. The fourth-order valence-corrected chi connectivity index (χ4v) is 3.09. The summed E-state index contributed by atoms with van der Waals surface area (Å²) in [5.74, 6) is -0.643. The molecule has 6 heteroatoms. The van der Waals surface area contributed by atoms with Crippen LogP contribution in [0.25, 0.3) is 0 Å². The van der Waals surface area contributed by atoms with Crippen molar-refractivity contribution in [3.63, 3.8) is 0 Å². The number of amides is 3. The van der Waals surface area contributed by atoms with Gasteiger partial charge in [0.25, 0.3) is 11.8 Å². The molecule has 22 heavy (non-hydrogen) atoms. The molecule has 2 heterocycles. The van der Waals surface area contributed by atoms with E-state index in [0.717, 1.165) is 16.9 Å². The Bertz CT molecular complexity index is 577. The molecule has 3 rings (SSSR count). The second-order valence-corrected chi connectivity index (χ2v) is 5.65. The molecule has 3 amide bonds. The van der Waals surface area contributed by atoms with Crippen LogP contribution in [-0.2, 0) is 20.9 Å². The number of benzene rings is 1. The van der Waals surface area contributed by atoms with Crippen molar-refractivity contribution in [2.75, 3.05) is 7.05 Å². The zero-order valence-electron chi connectivity index (χ0n) is 12.4. The molecule has 2 fully saturated rings. The third-order valence-corrected chi connectivity index (χ3v) is 4.27. The maximum atomic E-state index is 12.4. The summed E-state index contributed by atoms with van der Waals surface area (Å²) in [5.41, 5.74) is 0.868. The number of piperazine rings is 1. The third kappa shape index (κ3) is 2.45. The Balaban J connectivity index is 1.73. The molecule has 1 aromatic rings. The van der Waals surface area contributed by atoms with Crippen LogP contribution in [0.2, 0.25) is 0 Å². The van der Waals surface area contributed by atoms with Crippen molar-refractivity contribution in [3.8, 4) is 0 Å². The Hall–Kier alpha value is -2.37. The molecular formula is C16H18N2O4. The van der Waals surface area contributed by atoms with E-state index in [0.29, 0.717) is 12.8 Å². The summed E-state index contributed by atoms with van der Waals surface area (Å²) in [6.07, 6.45) is 1.33. The lowest BCUT2D eigenvalue weighted by Crippen LogP contribution is -2.67. The molecule has 0 saturated carbocycles. The summed E-state index contributed by atoms with van der Waals surface area (Å²) >= 11 is 0. The Morgan fingerprint density at radius 3 is 2.32 bits per heavy atom. The van der Waals surface area contributed by atoms with E-state index < -0.39 is 18.2 Å². The SMILES string of the molecule is CN1C(=O)C2CCCC(C1=O)N2C(=O)OCc1ccccc1. The van der Waals surface area contributed by atoms with Gasteiger partial charge in [0.15, 0.2) is 0 Å². The van der Waals surface area contributed by atoms with E-state index in [2.05, 4.69) is 0 Å². The average molecular weight is 302 g/mol. The van der Waals surface area contributed by atoms with Gasteiger partial charge in [-0.05, 0) is 24.8 Å². The Labute approximate surface area is 128 Å². The van der Waals surface area contributed by atoms with E-state index in [4.69, 9.17) is 4.74 Å². The van der Waals surface area contributed by atoms with Crippen molar-refractivity contribution < 1.29 is 19.1 Å². The normalized spacial score (nSPS) is 24.4. The second-order valence-electron chi connectivity index (χ2n) is 5.65. The van der Waals surface area contributed by atoms with Crippen molar-refractivity contribution in [2.24, 2.45) is 0 Å². The number of hydrogen-bond acceptors (Lipinski definition) is 4. The fraction of sp³-hybridized carbons (Fsp3) is 0.438. The summed E-state index contributed by atoms with van der Waals surface area (Å²) in [6.45, 7) is 0.133. The number of nitrogens with zero attached hydrogens (tertiary/aromatic N) is 2. The molecule has 0 aliphatic carbocycles. The smallest absolute Gasteiger partial charge is 0.411 e. The van der Waals surface area contributed by atoms with Crippen LogP contribution in [0.3, 0.4) is 0 Å². The van der Waals surface area contributed by atoms with Gasteiger partial charge < -0.3 is 4.74 Å².